The van der Waals surface area contributed by atoms with Crippen LogP contribution in [0.2, 0.25) is 0 Å². The van der Waals surface area contributed by atoms with Crippen molar-refractivity contribution in [1.82, 2.24) is 10.2 Å². The molecule has 0 radical (unpaired) electrons. The first-order valence-corrected chi connectivity index (χ1v) is 7.52. The van der Waals surface area contributed by atoms with Crippen molar-refractivity contribution in [2.45, 2.75) is 18.9 Å². The highest BCUT2D eigenvalue weighted by Crippen LogP contribution is 2.16. The molecule has 1 aromatic rings. The lowest BCUT2D eigenvalue weighted by molar-refractivity contribution is 0.106. The van der Waals surface area contributed by atoms with Crippen molar-refractivity contribution in [1.29, 1.82) is 5.26 Å². The second-order valence-corrected chi connectivity index (χ2v) is 5.33. The van der Waals surface area contributed by atoms with Gasteiger partial charge in [0.25, 0.3) is 0 Å². The Bertz CT molecular complexity index is 467. The van der Waals surface area contributed by atoms with Crippen LogP contribution in [0.3, 0.4) is 0 Å². The Hall–Kier alpha value is -1.61. The van der Waals surface area contributed by atoms with Gasteiger partial charge in [-0.05, 0) is 38.1 Å². The van der Waals surface area contributed by atoms with Crippen molar-refractivity contribution < 1.29 is 9.84 Å². The number of aliphatic hydroxyl groups is 1. The summed E-state index contributed by atoms with van der Waals surface area (Å²) in [4.78, 5) is 2.43. The summed E-state index contributed by atoms with van der Waals surface area (Å²) in [6.45, 7) is 4.99. The number of benzene rings is 1. The average molecular weight is 289 g/mol. The van der Waals surface area contributed by atoms with Crippen LogP contribution in [-0.4, -0.2) is 55.4 Å². The molecule has 2 rings (SSSR count). The van der Waals surface area contributed by atoms with Crippen LogP contribution in [0, 0.1) is 11.3 Å². The standard InChI is InChI=1S/C16H23N3O2/c17-11-14-5-1-2-6-16(14)21-13-15(20)12-18-7-10-19-8-3-4-9-19/h1-2,5-6,15,18,20H,3-4,7-10,12-13H2. The maximum Gasteiger partial charge on any atom is 0.137 e. The summed E-state index contributed by atoms with van der Waals surface area (Å²) < 4.78 is 5.50. The third-order valence-electron chi connectivity index (χ3n) is 3.62. The minimum Gasteiger partial charge on any atom is -0.489 e. The van der Waals surface area contributed by atoms with E-state index in [1.54, 1.807) is 18.2 Å². The summed E-state index contributed by atoms with van der Waals surface area (Å²) in [5.41, 5.74) is 0.492. The van der Waals surface area contributed by atoms with E-state index >= 15 is 0 Å². The largest absolute Gasteiger partial charge is 0.489 e. The number of aliphatic hydroxyl groups excluding tert-OH is 1. The van der Waals surface area contributed by atoms with Gasteiger partial charge >= 0.3 is 0 Å². The van der Waals surface area contributed by atoms with Crippen LogP contribution >= 0.6 is 0 Å². The topological polar surface area (TPSA) is 68.5 Å². The van der Waals surface area contributed by atoms with Gasteiger partial charge in [-0.15, -0.1) is 0 Å². The minimum absolute atomic E-state index is 0.190. The summed E-state index contributed by atoms with van der Waals surface area (Å²) >= 11 is 0. The Morgan fingerprint density at radius 1 is 1.33 bits per heavy atom. The molecule has 0 saturated carbocycles. The number of nitrogens with one attached hydrogen (secondary N) is 1. The van der Waals surface area contributed by atoms with E-state index in [4.69, 9.17) is 10.00 Å². The van der Waals surface area contributed by atoms with Crippen LogP contribution < -0.4 is 10.1 Å². The second-order valence-electron chi connectivity index (χ2n) is 5.33. The van der Waals surface area contributed by atoms with Crippen molar-refractivity contribution in [3.63, 3.8) is 0 Å². The van der Waals surface area contributed by atoms with E-state index in [1.807, 2.05) is 6.07 Å². The molecule has 1 fully saturated rings. The number of para-hydroxylation sites is 1. The van der Waals surface area contributed by atoms with Gasteiger partial charge in [0.05, 0.1) is 5.56 Å². The van der Waals surface area contributed by atoms with Gasteiger partial charge in [0.1, 0.15) is 24.5 Å². The van der Waals surface area contributed by atoms with Gasteiger partial charge in [-0.2, -0.15) is 5.26 Å². The fraction of sp³-hybridized carbons (Fsp3) is 0.562. The normalized spacial score (nSPS) is 16.6. The molecule has 5 heteroatoms. The molecule has 0 aromatic heterocycles. The Morgan fingerprint density at radius 3 is 2.86 bits per heavy atom. The highest BCUT2D eigenvalue weighted by molar-refractivity contribution is 5.42. The lowest BCUT2D eigenvalue weighted by Gasteiger charge is -2.17. The first-order valence-electron chi connectivity index (χ1n) is 7.52. The zero-order chi connectivity index (χ0) is 14.9. The number of hydrogen-bond acceptors (Lipinski definition) is 5. The second kappa shape index (κ2) is 8.63. The van der Waals surface area contributed by atoms with Gasteiger partial charge in [0.15, 0.2) is 0 Å². The Labute approximate surface area is 126 Å². The summed E-state index contributed by atoms with van der Waals surface area (Å²) in [6.07, 6.45) is 2.03. The fourth-order valence-electron chi connectivity index (χ4n) is 2.44. The molecule has 1 atom stereocenters. The van der Waals surface area contributed by atoms with Gasteiger partial charge < -0.3 is 20.1 Å². The predicted molar refractivity (Wildman–Crippen MR) is 81.2 cm³/mol. The van der Waals surface area contributed by atoms with Gasteiger partial charge in [-0.3, -0.25) is 0 Å². The molecule has 1 aromatic carbocycles. The molecule has 1 unspecified atom stereocenters. The van der Waals surface area contributed by atoms with E-state index < -0.39 is 6.10 Å². The van der Waals surface area contributed by atoms with Gasteiger partial charge in [-0.25, -0.2) is 0 Å². The minimum atomic E-state index is -0.574. The van der Waals surface area contributed by atoms with Gasteiger partial charge in [0, 0.05) is 19.6 Å². The first kappa shape index (κ1) is 15.8. The number of ether oxygens (including phenoxy) is 1. The summed E-state index contributed by atoms with van der Waals surface area (Å²) in [7, 11) is 0. The van der Waals surface area contributed by atoms with E-state index in [-0.39, 0.29) is 6.61 Å². The monoisotopic (exact) mass is 289 g/mol. The van der Waals surface area contributed by atoms with Crippen LogP contribution in [0.4, 0.5) is 0 Å². The third kappa shape index (κ3) is 5.35. The van der Waals surface area contributed by atoms with E-state index in [2.05, 4.69) is 16.3 Å². The Kier molecular flexibility index (Phi) is 6.48. The summed E-state index contributed by atoms with van der Waals surface area (Å²) in [5.74, 6) is 0.524. The molecule has 0 amide bonds. The average Bonchev–Trinajstić information content (AvgIpc) is 3.03. The molecule has 1 saturated heterocycles. The van der Waals surface area contributed by atoms with Crippen molar-refractivity contribution in [2.24, 2.45) is 0 Å². The van der Waals surface area contributed by atoms with E-state index in [0.29, 0.717) is 17.9 Å². The molecular formula is C16H23N3O2. The molecule has 0 bridgehead atoms. The molecule has 5 nitrogen and oxygen atoms in total. The maximum absolute atomic E-state index is 9.88. The van der Waals surface area contributed by atoms with E-state index in [1.165, 1.54) is 25.9 Å². The zero-order valence-corrected chi connectivity index (χ0v) is 12.3. The Morgan fingerprint density at radius 2 is 2.10 bits per heavy atom. The van der Waals surface area contributed by atoms with Crippen LogP contribution in [0.15, 0.2) is 24.3 Å². The lowest BCUT2D eigenvalue weighted by atomic mass is 10.2. The predicted octanol–water partition coefficient (Wildman–Crippen LogP) is 0.983. The molecule has 1 aliphatic heterocycles. The van der Waals surface area contributed by atoms with E-state index in [9.17, 15) is 5.11 Å². The van der Waals surface area contributed by atoms with Crippen LogP contribution in [0.25, 0.3) is 0 Å². The Balaban J connectivity index is 1.61. The number of hydrogen-bond donors (Lipinski definition) is 2. The SMILES string of the molecule is N#Cc1ccccc1OCC(O)CNCCN1CCCC1. The first-order chi connectivity index (χ1) is 10.3. The summed E-state index contributed by atoms with van der Waals surface area (Å²) in [6, 6.07) is 9.13. The maximum atomic E-state index is 9.88. The van der Waals surface area contributed by atoms with Crippen molar-refractivity contribution in [3.05, 3.63) is 29.8 Å². The van der Waals surface area contributed by atoms with Crippen LogP contribution in [0.1, 0.15) is 18.4 Å². The van der Waals surface area contributed by atoms with Gasteiger partial charge in [0.2, 0.25) is 0 Å². The molecule has 2 N–H and O–H groups in total. The number of nitrogens with zero attached hydrogens (tertiary/aromatic N) is 2. The molecule has 1 heterocycles. The highest BCUT2D eigenvalue weighted by Gasteiger charge is 2.11. The molecular weight excluding hydrogens is 266 g/mol. The molecule has 1 aliphatic rings. The van der Waals surface area contributed by atoms with E-state index in [0.717, 1.165) is 13.1 Å². The van der Waals surface area contributed by atoms with Crippen LogP contribution in [-0.2, 0) is 0 Å². The van der Waals surface area contributed by atoms with Crippen molar-refractivity contribution >= 4 is 0 Å². The molecule has 0 spiro atoms. The third-order valence-corrected chi connectivity index (χ3v) is 3.62. The van der Waals surface area contributed by atoms with Crippen molar-refractivity contribution in [3.8, 4) is 11.8 Å². The molecule has 0 aliphatic carbocycles. The van der Waals surface area contributed by atoms with Crippen LogP contribution in [0.5, 0.6) is 5.75 Å². The smallest absolute Gasteiger partial charge is 0.137 e. The quantitative estimate of drug-likeness (QED) is 0.698. The number of nitriles is 1. The number of likely N-dealkylation sites (tertiary alicyclic amines) is 1. The zero-order valence-electron chi connectivity index (χ0n) is 12.3. The lowest BCUT2D eigenvalue weighted by Crippen LogP contribution is -2.36. The van der Waals surface area contributed by atoms with Crippen molar-refractivity contribution in [2.75, 3.05) is 39.3 Å². The number of rotatable bonds is 8. The summed E-state index contributed by atoms with van der Waals surface area (Å²) in [5, 5.41) is 22.1. The molecule has 21 heavy (non-hydrogen) atoms. The highest BCUT2D eigenvalue weighted by atomic mass is 16.5. The molecule has 114 valence electrons. The fourth-order valence-corrected chi connectivity index (χ4v) is 2.44. The van der Waals surface area contributed by atoms with Gasteiger partial charge in [-0.1, -0.05) is 12.1 Å².